The van der Waals surface area contributed by atoms with Crippen LogP contribution in [0.2, 0.25) is 0 Å². The maximum atomic E-state index is 10.2. The molecule has 1 aliphatic rings. The third kappa shape index (κ3) is 3.70. The van der Waals surface area contributed by atoms with Gasteiger partial charge in [0.1, 0.15) is 5.75 Å². The highest BCUT2D eigenvalue weighted by Crippen LogP contribution is 2.21. The molecule has 0 aromatic heterocycles. The minimum Gasteiger partial charge on any atom is -0.497 e. The maximum absolute atomic E-state index is 10.2. The van der Waals surface area contributed by atoms with E-state index in [4.69, 9.17) is 9.47 Å². The van der Waals surface area contributed by atoms with Crippen LogP contribution < -0.4 is 4.74 Å². The number of aliphatic hydroxyl groups is 1. The molecule has 100 valence electrons. The van der Waals surface area contributed by atoms with E-state index in [0.29, 0.717) is 0 Å². The number of rotatable bonds is 5. The minimum absolute atomic E-state index is 0.428. The second kappa shape index (κ2) is 6.73. The van der Waals surface area contributed by atoms with E-state index < -0.39 is 6.10 Å². The van der Waals surface area contributed by atoms with Crippen LogP contribution in [0.1, 0.15) is 18.1 Å². The van der Waals surface area contributed by atoms with Crippen LogP contribution in [0, 0.1) is 0 Å². The Morgan fingerprint density at radius 2 is 2.17 bits per heavy atom. The largest absolute Gasteiger partial charge is 0.497 e. The molecule has 4 heteroatoms. The highest BCUT2D eigenvalue weighted by Gasteiger charge is 2.13. The molecule has 1 aromatic carbocycles. The van der Waals surface area contributed by atoms with Gasteiger partial charge in [-0.25, -0.2) is 0 Å². The summed E-state index contributed by atoms with van der Waals surface area (Å²) in [5, 5.41) is 10.2. The van der Waals surface area contributed by atoms with E-state index in [9.17, 15) is 5.11 Å². The quantitative estimate of drug-likeness (QED) is 0.860. The van der Waals surface area contributed by atoms with Gasteiger partial charge in [-0.15, -0.1) is 0 Å². The molecule has 2 rings (SSSR count). The van der Waals surface area contributed by atoms with Gasteiger partial charge in [0.05, 0.1) is 26.4 Å². The van der Waals surface area contributed by atoms with Crippen molar-refractivity contribution in [1.29, 1.82) is 0 Å². The Balaban J connectivity index is 1.84. The SMILES string of the molecule is COc1cccc(C(O)CCN2CCOCC2)c1. The van der Waals surface area contributed by atoms with Crippen molar-refractivity contribution in [3.05, 3.63) is 29.8 Å². The first-order valence-corrected chi connectivity index (χ1v) is 6.41. The van der Waals surface area contributed by atoms with E-state index in [2.05, 4.69) is 4.90 Å². The van der Waals surface area contributed by atoms with Crippen molar-refractivity contribution >= 4 is 0 Å². The lowest BCUT2D eigenvalue weighted by molar-refractivity contribution is 0.0300. The van der Waals surface area contributed by atoms with Crippen LogP contribution in [0.15, 0.2) is 24.3 Å². The predicted molar refractivity (Wildman–Crippen MR) is 69.8 cm³/mol. The van der Waals surface area contributed by atoms with Crippen molar-refractivity contribution in [3.63, 3.8) is 0 Å². The molecule has 1 aromatic rings. The normalized spacial score (nSPS) is 18.6. The molecule has 0 amide bonds. The predicted octanol–water partition coefficient (Wildman–Crippen LogP) is 1.45. The molecule has 1 fully saturated rings. The van der Waals surface area contributed by atoms with E-state index in [-0.39, 0.29) is 0 Å². The molecule has 0 bridgehead atoms. The Kier molecular flexibility index (Phi) is 4.99. The van der Waals surface area contributed by atoms with Crippen molar-refractivity contribution in [1.82, 2.24) is 4.90 Å². The highest BCUT2D eigenvalue weighted by atomic mass is 16.5. The summed E-state index contributed by atoms with van der Waals surface area (Å²) in [6, 6.07) is 7.63. The summed E-state index contributed by atoms with van der Waals surface area (Å²) in [5.74, 6) is 0.790. The molecular formula is C14H21NO3. The number of hydrogen-bond donors (Lipinski definition) is 1. The van der Waals surface area contributed by atoms with Crippen molar-refractivity contribution in [2.24, 2.45) is 0 Å². The van der Waals surface area contributed by atoms with Gasteiger partial charge < -0.3 is 14.6 Å². The van der Waals surface area contributed by atoms with Crippen LogP contribution in [-0.2, 0) is 4.74 Å². The number of benzene rings is 1. The van der Waals surface area contributed by atoms with Crippen molar-refractivity contribution in [3.8, 4) is 5.75 Å². The lowest BCUT2D eigenvalue weighted by Gasteiger charge is -2.27. The molecule has 1 heterocycles. The van der Waals surface area contributed by atoms with Crippen molar-refractivity contribution in [2.75, 3.05) is 40.0 Å². The van der Waals surface area contributed by atoms with E-state index in [1.165, 1.54) is 0 Å². The highest BCUT2D eigenvalue weighted by molar-refractivity contribution is 5.29. The smallest absolute Gasteiger partial charge is 0.119 e. The molecule has 1 atom stereocenters. The summed E-state index contributed by atoms with van der Waals surface area (Å²) in [6.45, 7) is 4.43. The fourth-order valence-corrected chi connectivity index (χ4v) is 2.15. The zero-order valence-electron chi connectivity index (χ0n) is 10.8. The molecule has 1 saturated heterocycles. The molecule has 18 heavy (non-hydrogen) atoms. The van der Waals surface area contributed by atoms with E-state index in [0.717, 1.165) is 50.6 Å². The number of hydrogen-bond acceptors (Lipinski definition) is 4. The van der Waals surface area contributed by atoms with Gasteiger partial charge in [-0.1, -0.05) is 12.1 Å². The van der Waals surface area contributed by atoms with Crippen LogP contribution in [0.25, 0.3) is 0 Å². The van der Waals surface area contributed by atoms with Crippen molar-refractivity contribution in [2.45, 2.75) is 12.5 Å². The number of morpholine rings is 1. The summed E-state index contributed by atoms with van der Waals surface area (Å²) < 4.78 is 10.5. The molecule has 4 nitrogen and oxygen atoms in total. The summed E-state index contributed by atoms with van der Waals surface area (Å²) >= 11 is 0. The molecule has 0 saturated carbocycles. The number of methoxy groups -OCH3 is 1. The fourth-order valence-electron chi connectivity index (χ4n) is 2.15. The van der Waals surface area contributed by atoms with Crippen LogP contribution >= 0.6 is 0 Å². The van der Waals surface area contributed by atoms with E-state index >= 15 is 0 Å². The van der Waals surface area contributed by atoms with Gasteiger partial charge in [0.2, 0.25) is 0 Å². The molecule has 0 spiro atoms. The van der Waals surface area contributed by atoms with Crippen LogP contribution in [0.4, 0.5) is 0 Å². The summed E-state index contributed by atoms with van der Waals surface area (Å²) in [4.78, 5) is 2.33. The second-order valence-corrected chi connectivity index (χ2v) is 4.54. The summed E-state index contributed by atoms with van der Waals surface area (Å²) in [7, 11) is 1.64. The molecular weight excluding hydrogens is 230 g/mol. The Hall–Kier alpha value is -1.10. The lowest BCUT2D eigenvalue weighted by atomic mass is 10.1. The van der Waals surface area contributed by atoms with Gasteiger partial charge in [0, 0.05) is 19.6 Å². The van der Waals surface area contributed by atoms with Crippen LogP contribution in [-0.4, -0.2) is 50.0 Å². The summed E-state index contributed by atoms with van der Waals surface area (Å²) in [6.07, 6.45) is 0.315. The first-order chi connectivity index (χ1) is 8.79. The topological polar surface area (TPSA) is 41.9 Å². The first-order valence-electron chi connectivity index (χ1n) is 6.41. The monoisotopic (exact) mass is 251 g/mol. The van der Waals surface area contributed by atoms with Gasteiger partial charge in [0.15, 0.2) is 0 Å². The molecule has 0 radical (unpaired) electrons. The zero-order chi connectivity index (χ0) is 12.8. The Labute approximate surface area is 108 Å². The average molecular weight is 251 g/mol. The van der Waals surface area contributed by atoms with E-state index in [1.807, 2.05) is 24.3 Å². The van der Waals surface area contributed by atoms with E-state index in [1.54, 1.807) is 7.11 Å². The van der Waals surface area contributed by atoms with Gasteiger partial charge >= 0.3 is 0 Å². The Morgan fingerprint density at radius 1 is 1.39 bits per heavy atom. The molecule has 1 aliphatic heterocycles. The Morgan fingerprint density at radius 3 is 2.89 bits per heavy atom. The fraction of sp³-hybridized carbons (Fsp3) is 0.571. The lowest BCUT2D eigenvalue weighted by Crippen LogP contribution is -2.37. The number of ether oxygens (including phenoxy) is 2. The van der Waals surface area contributed by atoms with Crippen LogP contribution in [0.3, 0.4) is 0 Å². The van der Waals surface area contributed by atoms with Gasteiger partial charge in [0.25, 0.3) is 0 Å². The summed E-state index contributed by atoms with van der Waals surface area (Å²) in [5.41, 5.74) is 0.919. The zero-order valence-corrected chi connectivity index (χ0v) is 10.8. The molecule has 0 aliphatic carbocycles. The third-order valence-electron chi connectivity index (χ3n) is 3.30. The molecule has 1 unspecified atom stereocenters. The van der Waals surface area contributed by atoms with Crippen LogP contribution in [0.5, 0.6) is 5.75 Å². The Bertz CT molecular complexity index is 364. The number of nitrogens with zero attached hydrogens (tertiary/aromatic N) is 1. The number of aliphatic hydroxyl groups excluding tert-OH is 1. The van der Waals surface area contributed by atoms with Gasteiger partial charge in [-0.3, -0.25) is 4.90 Å². The van der Waals surface area contributed by atoms with Crippen molar-refractivity contribution < 1.29 is 14.6 Å². The van der Waals surface area contributed by atoms with Gasteiger partial charge in [-0.05, 0) is 24.1 Å². The third-order valence-corrected chi connectivity index (χ3v) is 3.30. The minimum atomic E-state index is -0.428. The molecule has 1 N–H and O–H groups in total. The first kappa shape index (κ1) is 13.3. The van der Waals surface area contributed by atoms with Gasteiger partial charge in [-0.2, -0.15) is 0 Å². The second-order valence-electron chi connectivity index (χ2n) is 4.54. The average Bonchev–Trinajstić information content (AvgIpc) is 2.46. The maximum Gasteiger partial charge on any atom is 0.119 e. The standard InChI is InChI=1S/C14H21NO3/c1-17-13-4-2-3-12(11-13)14(16)5-6-15-7-9-18-10-8-15/h2-4,11,14,16H,5-10H2,1H3.